The zero-order chi connectivity index (χ0) is 36.4. The number of hydrogen-bond acceptors (Lipinski definition) is 4. The lowest BCUT2D eigenvalue weighted by molar-refractivity contribution is 0.590. The normalized spacial score (nSPS) is 12.0. The van der Waals surface area contributed by atoms with E-state index >= 15 is 0 Å². The van der Waals surface area contributed by atoms with Gasteiger partial charge in [0.1, 0.15) is 0 Å². The van der Waals surface area contributed by atoms with Gasteiger partial charge in [-0.05, 0) is 58.5 Å². The Labute approximate surface area is 318 Å². The fraction of sp³-hybridized carbons (Fsp3) is 0.0816. The zero-order valence-corrected chi connectivity index (χ0v) is 31.1. The van der Waals surface area contributed by atoms with Gasteiger partial charge in [0.15, 0.2) is 17.5 Å². The molecule has 4 nitrogen and oxygen atoms in total. The lowest BCUT2D eigenvalue weighted by atomic mass is 9.87. The fourth-order valence-corrected chi connectivity index (χ4v) is 8.82. The van der Waals surface area contributed by atoms with Gasteiger partial charge < -0.3 is 4.57 Å². The van der Waals surface area contributed by atoms with Crippen molar-refractivity contribution in [1.29, 1.82) is 0 Å². The average molecular weight is 713 g/mol. The number of nitrogens with zero attached hydrogens (tertiary/aromatic N) is 4. The molecule has 10 aromatic rings. The molecule has 0 spiro atoms. The average Bonchev–Trinajstić information content (AvgIpc) is 3.77. The second-order valence-electron chi connectivity index (χ2n) is 14.9. The van der Waals surface area contributed by atoms with E-state index in [1.165, 1.54) is 47.5 Å². The topological polar surface area (TPSA) is 43.6 Å². The summed E-state index contributed by atoms with van der Waals surface area (Å²) >= 11 is 1.79. The lowest BCUT2D eigenvalue weighted by Gasteiger charge is -2.19. The van der Waals surface area contributed by atoms with E-state index in [2.05, 4.69) is 189 Å². The molecule has 0 amide bonds. The number of hydrogen-bond donors (Lipinski definition) is 0. The van der Waals surface area contributed by atoms with Crippen LogP contribution in [0.3, 0.4) is 0 Å². The van der Waals surface area contributed by atoms with E-state index in [0.717, 1.165) is 33.5 Å². The predicted octanol–water partition coefficient (Wildman–Crippen LogP) is 13.3. The van der Waals surface area contributed by atoms with Crippen LogP contribution in [-0.2, 0) is 5.41 Å². The van der Waals surface area contributed by atoms with E-state index in [1.807, 2.05) is 0 Å². The van der Waals surface area contributed by atoms with E-state index in [9.17, 15) is 0 Å². The van der Waals surface area contributed by atoms with Crippen LogP contribution >= 0.6 is 11.3 Å². The minimum Gasteiger partial charge on any atom is -0.309 e. The molecule has 0 unspecified atom stereocenters. The van der Waals surface area contributed by atoms with Crippen molar-refractivity contribution in [2.24, 2.45) is 0 Å². The first-order valence-electron chi connectivity index (χ1n) is 18.4. The Morgan fingerprint density at radius 3 is 1.52 bits per heavy atom. The lowest BCUT2D eigenvalue weighted by Crippen LogP contribution is -2.10. The molecule has 0 aliphatic rings. The molecule has 0 aliphatic carbocycles. The summed E-state index contributed by atoms with van der Waals surface area (Å²) in [7, 11) is 0. The van der Waals surface area contributed by atoms with Gasteiger partial charge >= 0.3 is 0 Å². The molecule has 0 saturated carbocycles. The largest absolute Gasteiger partial charge is 0.309 e. The van der Waals surface area contributed by atoms with Crippen molar-refractivity contribution in [3.8, 4) is 51.0 Å². The number of aromatic nitrogens is 4. The third-order valence-electron chi connectivity index (χ3n) is 10.5. The number of benzene rings is 7. The van der Waals surface area contributed by atoms with Crippen LogP contribution in [0.15, 0.2) is 164 Å². The van der Waals surface area contributed by atoms with Crippen LogP contribution in [0.2, 0.25) is 0 Å². The Hall–Kier alpha value is -6.43. The molecule has 5 heteroatoms. The molecule has 3 heterocycles. The standard InChI is InChI=1S/C49H36N4S/c1-49(2,3)35-27-23-34(24-28-35)47-50-46(51-48(52-47)41-15-10-14-40-39-13-6-9-18-44(39)54-45(40)41)33-21-19-31(20-22-33)32-25-29-36(30-26-32)53-42-16-7-4-11-37(42)38-12-5-8-17-43(38)53/h4-30H,1-3H3. The molecule has 0 radical (unpaired) electrons. The highest BCUT2D eigenvalue weighted by Crippen LogP contribution is 2.40. The Bertz CT molecular complexity index is 2950. The molecule has 0 atom stereocenters. The van der Waals surface area contributed by atoms with Crippen molar-refractivity contribution in [2.75, 3.05) is 0 Å². The van der Waals surface area contributed by atoms with Crippen molar-refractivity contribution in [2.45, 2.75) is 26.2 Å². The summed E-state index contributed by atoms with van der Waals surface area (Å²) in [5.74, 6) is 2.00. The fourth-order valence-electron chi connectivity index (χ4n) is 7.61. The minimum atomic E-state index is 0.0534. The van der Waals surface area contributed by atoms with Crippen molar-refractivity contribution in [1.82, 2.24) is 19.5 Å². The molecule has 54 heavy (non-hydrogen) atoms. The minimum absolute atomic E-state index is 0.0534. The van der Waals surface area contributed by atoms with Gasteiger partial charge in [-0.1, -0.05) is 148 Å². The quantitative estimate of drug-likeness (QED) is 0.178. The highest BCUT2D eigenvalue weighted by molar-refractivity contribution is 7.26. The van der Waals surface area contributed by atoms with Gasteiger partial charge in [0.25, 0.3) is 0 Å². The Balaban J connectivity index is 1.04. The predicted molar refractivity (Wildman–Crippen MR) is 227 cm³/mol. The van der Waals surface area contributed by atoms with Crippen LogP contribution in [0.25, 0.3) is 93.0 Å². The first-order chi connectivity index (χ1) is 26.4. The maximum Gasteiger partial charge on any atom is 0.165 e. The molecule has 0 aliphatic heterocycles. The van der Waals surface area contributed by atoms with Crippen molar-refractivity contribution >= 4 is 53.3 Å². The summed E-state index contributed by atoms with van der Waals surface area (Å²) in [6, 6.07) is 58.3. The van der Waals surface area contributed by atoms with Gasteiger partial charge in [0.05, 0.1) is 11.0 Å². The molecule has 0 saturated heterocycles. The summed E-state index contributed by atoms with van der Waals surface area (Å²) in [6.45, 7) is 6.70. The molecule has 0 fully saturated rings. The molecule has 7 aromatic carbocycles. The summed E-state index contributed by atoms with van der Waals surface area (Å²) in [6.07, 6.45) is 0. The van der Waals surface area contributed by atoms with Crippen LogP contribution in [0.1, 0.15) is 26.3 Å². The SMILES string of the molecule is CC(C)(C)c1ccc(-c2nc(-c3ccc(-c4ccc(-n5c6ccccc6c6ccccc65)cc4)cc3)nc(-c3cccc4c3sc3ccccc34)n2)cc1. The molecular weight excluding hydrogens is 677 g/mol. The van der Waals surface area contributed by atoms with Gasteiger partial charge in [-0.25, -0.2) is 15.0 Å². The third kappa shape index (κ3) is 5.48. The smallest absolute Gasteiger partial charge is 0.165 e. The highest BCUT2D eigenvalue weighted by atomic mass is 32.1. The Morgan fingerprint density at radius 1 is 0.426 bits per heavy atom. The summed E-state index contributed by atoms with van der Waals surface area (Å²) in [5.41, 5.74) is 10.1. The van der Waals surface area contributed by atoms with Crippen LogP contribution < -0.4 is 0 Å². The third-order valence-corrected chi connectivity index (χ3v) is 11.7. The molecule has 0 N–H and O–H groups in total. The molecule has 0 bridgehead atoms. The van der Waals surface area contributed by atoms with Crippen LogP contribution in [0.4, 0.5) is 0 Å². The van der Waals surface area contributed by atoms with E-state index in [0.29, 0.717) is 17.5 Å². The van der Waals surface area contributed by atoms with Crippen LogP contribution in [0.5, 0.6) is 0 Å². The molecule has 258 valence electrons. The number of fused-ring (bicyclic) bond motifs is 6. The van der Waals surface area contributed by atoms with E-state index in [1.54, 1.807) is 11.3 Å². The monoisotopic (exact) mass is 712 g/mol. The summed E-state index contributed by atoms with van der Waals surface area (Å²) < 4.78 is 4.79. The maximum absolute atomic E-state index is 5.15. The number of para-hydroxylation sites is 2. The second-order valence-corrected chi connectivity index (χ2v) is 16.0. The first kappa shape index (κ1) is 32.2. The first-order valence-corrected chi connectivity index (χ1v) is 19.2. The van der Waals surface area contributed by atoms with Crippen molar-refractivity contribution in [3.05, 3.63) is 169 Å². The van der Waals surface area contributed by atoms with Crippen molar-refractivity contribution in [3.63, 3.8) is 0 Å². The highest BCUT2D eigenvalue weighted by Gasteiger charge is 2.18. The van der Waals surface area contributed by atoms with Crippen LogP contribution in [-0.4, -0.2) is 19.5 Å². The van der Waals surface area contributed by atoms with E-state index in [4.69, 9.17) is 15.0 Å². The summed E-state index contributed by atoms with van der Waals surface area (Å²) in [4.78, 5) is 15.4. The van der Waals surface area contributed by atoms with Gasteiger partial charge in [0, 0.05) is 53.3 Å². The second kappa shape index (κ2) is 12.6. The van der Waals surface area contributed by atoms with Crippen LogP contribution in [0, 0.1) is 0 Å². The van der Waals surface area contributed by atoms with Crippen molar-refractivity contribution < 1.29 is 0 Å². The molecule has 3 aromatic heterocycles. The zero-order valence-electron chi connectivity index (χ0n) is 30.3. The van der Waals surface area contributed by atoms with Gasteiger partial charge in [-0.15, -0.1) is 11.3 Å². The number of thiophene rings is 1. The molecular formula is C49H36N4S. The van der Waals surface area contributed by atoms with Gasteiger partial charge in [-0.2, -0.15) is 0 Å². The van der Waals surface area contributed by atoms with Gasteiger partial charge in [-0.3, -0.25) is 0 Å². The Morgan fingerprint density at radius 2 is 0.907 bits per heavy atom. The summed E-state index contributed by atoms with van der Waals surface area (Å²) in [5, 5.41) is 5.00. The van der Waals surface area contributed by atoms with E-state index in [-0.39, 0.29) is 5.41 Å². The molecule has 10 rings (SSSR count). The Kier molecular flexibility index (Phi) is 7.53. The van der Waals surface area contributed by atoms with E-state index < -0.39 is 0 Å². The number of rotatable bonds is 5. The van der Waals surface area contributed by atoms with Gasteiger partial charge in [0.2, 0.25) is 0 Å². The maximum atomic E-state index is 5.15.